The Kier molecular flexibility index (Phi) is 3.57. The number of methoxy groups -OCH3 is 2. The number of ether oxygens (including phenoxy) is 2. The highest BCUT2D eigenvalue weighted by molar-refractivity contribution is 6.12. The fourth-order valence-corrected chi connectivity index (χ4v) is 1.72. The predicted octanol–water partition coefficient (Wildman–Crippen LogP) is 2.33. The van der Waals surface area contributed by atoms with Crippen LogP contribution in [-0.4, -0.2) is 25.0 Å². The average Bonchev–Trinajstić information content (AvgIpc) is 2.46. The van der Waals surface area contributed by atoms with E-state index in [0.29, 0.717) is 22.6 Å². The molecule has 92 valence electrons. The van der Waals surface area contributed by atoms with Crippen molar-refractivity contribution >= 4 is 5.78 Å². The molecule has 0 aliphatic rings. The van der Waals surface area contributed by atoms with Crippen molar-refractivity contribution in [2.45, 2.75) is 0 Å². The zero-order valence-corrected chi connectivity index (χ0v) is 10.2. The Balaban J connectivity index is 2.53. The lowest BCUT2D eigenvalue weighted by atomic mass is 10.0. The Labute approximate surface area is 105 Å². The summed E-state index contributed by atoms with van der Waals surface area (Å²) in [6.07, 6.45) is 3.16. The summed E-state index contributed by atoms with van der Waals surface area (Å²) in [5.41, 5.74) is 0.974. The summed E-state index contributed by atoms with van der Waals surface area (Å²) in [4.78, 5) is 16.3. The highest BCUT2D eigenvalue weighted by Crippen LogP contribution is 2.30. The lowest BCUT2D eigenvalue weighted by Gasteiger charge is -2.11. The van der Waals surface area contributed by atoms with Gasteiger partial charge in [0.2, 0.25) is 5.78 Å². The highest BCUT2D eigenvalue weighted by Gasteiger charge is 2.19. The number of aromatic nitrogens is 1. The van der Waals surface area contributed by atoms with E-state index in [0.717, 1.165) is 0 Å². The van der Waals surface area contributed by atoms with Crippen molar-refractivity contribution in [3.8, 4) is 11.5 Å². The molecule has 4 heteroatoms. The molecule has 0 spiro atoms. The lowest BCUT2D eigenvalue weighted by Crippen LogP contribution is -2.06. The molecule has 0 atom stereocenters. The first-order valence-electron chi connectivity index (χ1n) is 5.43. The number of nitrogens with zero attached hydrogens (tertiary/aromatic N) is 1. The van der Waals surface area contributed by atoms with Gasteiger partial charge in [-0.2, -0.15) is 0 Å². The normalized spacial score (nSPS) is 9.89. The second-order valence-corrected chi connectivity index (χ2v) is 3.60. The van der Waals surface area contributed by atoms with Crippen molar-refractivity contribution in [1.29, 1.82) is 0 Å². The molecule has 2 aromatic rings. The van der Waals surface area contributed by atoms with Crippen LogP contribution in [0.1, 0.15) is 15.9 Å². The van der Waals surface area contributed by atoms with Crippen LogP contribution in [0.3, 0.4) is 0 Å². The van der Waals surface area contributed by atoms with Gasteiger partial charge in [-0.3, -0.25) is 9.78 Å². The predicted molar refractivity (Wildman–Crippen MR) is 67.2 cm³/mol. The first-order valence-corrected chi connectivity index (χ1v) is 5.43. The first-order chi connectivity index (χ1) is 8.77. The van der Waals surface area contributed by atoms with Gasteiger partial charge in [-0.15, -0.1) is 0 Å². The topological polar surface area (TPSA) is 48.4 Å². The minimum atomic E-state index is -0.147. The van der Waals surface area contributed by atoms with Crippen molar-refractivity contribution in [2.24, 2.45) is 0 Å². The molecule has 0 saturated carbocycles. The fourth-order valence-electron chi connectivity index (χ4n) is 1.72. The van der Waals surface area contributed by atoms with Gasteiger partial charge in [-0.05, 0) is 24.3 Å². The summed E-state index contributed by atoms with van der Waals surface area (Å²) in [7, 11) is 3.05. The van der Waals surface area contributed by atoms with Gasteiger partial charge in [0.15, 0.2) is 0 Å². The van der Waals surface area contributed by atoms with E-state index in [9.17, 15) is 4.79 Å². The lowest BCUT2D eigenvalue weighted by molar-refractivity contribution is 0.103. The van der Waals surface area contributed by atoms with Crippen LogP contribution in [-0.2, 0) is 0 Å². The van der Waals surface area contributed by atoms with Gasteiger partial charge >= 0.3 is 0 Å². The van der Waals surface area contributed by atoms with Gasteiger partial charge in [-0.25, -0.2) is 0 Å². The Morgan fingerprint density at radius 3 is 2.06 bits per heavy atom. The van der Waals surface area contributed by atoms with E-state index in [-0.39, 0.29) is 5.78 Å². The number of hydrogen-bond donors (Lipinski definition) is 0. The summed E-state index contributed by atoms with van der Waals surface area (Å²) in [5, 5.41) is 0. The third kappa shape index (κ3) is 2.18. The molecule has 0 saturated heterocycles. The van der Waals surface area contributed by atoms with Crippen molar-refractivity contribution in [2.75, 3.05) is 14.2 Å². The molecule has 0 aliphatic carbocycles. The maximum absolute atomic E-state index is 12.4. The average molecular weight is 243 g/mol. The van der Waals surface area contributed by atoms with Crippen molar-refractivity contribution < 1.29 is 14.3 Å². The molecule has 0 amide bonds. The standard InChI is InChI=1S/C14H13NO3/c1-17-11-4-3-5-12(18-2)13(11)14(16)10-6-8-15-9-7-10/h3-9H,1-2H3. The largest absolute Gasteiger partial charge is 0.496 e. The van der Waals surface area contributed by atoms with E-state index >= 15 is 0 Å². The molecular formula is C14H13NO3. The molecule has 18 heavy (non-hydrogen) atoms. The maximum atomic E-state index is 12.4. The second-order valence-electron chi connectivity index (χ2n) is 3.60. The fraction of sp³-hybridized carbons (Fsp3) is 0.143. The number of benzene rings is 1. The van der Waals surface area contributed by atoms with Crippen LogP contribution in [0.15, 0.2) is 42.7 Å². The molecule has 0 unspecified atom stereocenters. The van der Waals surface area contributed by atoms with E-state index in [4.69, 9.17) is 9.47 Å². The van der Waals surface area contributed by atoms with Gasteiger partial charge in [0.05, 0.1) is 14.2 Å². The van der Waals surface area contributed by atoms with Crippen molar-refractivity contribution in [3.63, 3.8) is 0 Å². The highest BCUT2D eigenvalue weighted by atomic mass is 16.5. The minimum absolute atomic E-state index is 0.147. The van der Waals surface area contributed by atoms with Gasteiger partial charge in [0, 0.05) is 18.0 Å². The van der Waals surface area contributed by atoms with Crippen LogP contribution >= 0.6 is 0 Å². The van der Waals surface area contributed by atoms with Crippen molar-refractivity contribution in [3.05, 3.63) is 53.9 Å². The van der Waals surface area contributed by atoms with Gasteiger partial charge in [-0.1, -0.05) is 6.07 Å². The van der Waals surface area contributed by atoms with E-state index in [1.807, 2.05) is 0 Å². The molecule has 0 bridgehead atoms. The Hall–Kier alpha value is -2.36. The van der Waals surface area contributed by atoms with Gasteiger partial charge < -0.3 is 9.47 Å². The summed E-state index contributed by atoms with van der Waals surface area (Å²) >= 11 is 0. The zero-order valence-electron chi connectivity index (χ0n) is 10.2. The molecule has 0 radical (unpaired) electrons. The van der Waals surface area contributed by atoms with Crippen LogP contribution in [0.4, 0.5) is 0 Å². The Morgan fingerprint density at radius 1 is 1.00 bits per heavy atom. The van der Waals surface area contributed by atoms with Crippen LogP contribution in [0.2, 0.25) is 0 Å². The van der Waals surface area contributed by atoms with Crippen molar-refractivity contribution in [1.82, 2.24) is 4.98 Å². The van der Waals surface area contributed by atoms with Crippen LogP contribution in [0.25, 0.3) is 0 Å². The van der Waals surface area contributed by atoms with E-state index in [1.54, 1.807) is 42.7 Å². The van der Waals surface area contributed by atoms with Gasteiger partial charge in [0.25, 0.3) is 0 Å². The molecule has 2 rings (SSSR count). The molecule has 0 fully saturated rings. The summed E-state index contributed by atoms with van der Waals surface area (Å²) in [6.45, 7) is 0. The van der Waals surface area contributed by atoms with Gasteiger partial charge in [0.1, 0.15) is 17.1 Å². The number of carbonyl (C=O) groups excluding carboxylic acids is 1. The monoisotopic (exact) mass is 243 g/mol. The SMILES string of the molecule is COc1cccc(OC)c1C(=O)c1ccncc1. The smallest absolute Gasteiger partial charge is 0.200 e. The number of carbonyl (C=O) groups is 1. The number of ketones is 1. The molecule has 1 aromatic heterocycles. The maximum Gasteiger partial charge on any atom is 0.200 e. The molecular weight excluding hydrogens is 230 g/mol. The summed E-state index contributed by atoms with van der Waals surface area (Å²) < 4.78 is 10.4. The molecule has 0 N–H and O–H groups in total. The first kappa shape index (κ1) is 12.1. The molecule has 4 nitrogen and oxygen atoms in total. The van der Waals surface area contributed by atoms with Crippen LogP contribution in [0, 0.1) is 0 Å². The number of rotatable bonds is 4. The summed E-state index contributed by atoms with van der Waals surface area (Å²) in [6, 6.07) is 8.57. The third-order valence-corrected chi connectivity index (χ3v) is 2.60. The third-order valence-electron chi connectivity index (χ3n) is 2.60. The molecule has 0 aliphatic heterocycles. The molecule has 1 heterocycles. The zero-order chi connectivity index (χ0) is 13.0. The van der Waals surface area contributed by atoms with Crippen LogP contribution in [0.5, 0.6) is 11.5 Å². The van der Waals surface area contributed by atoms with E-state index < -0.39 is 0 Å². The second kappa shape index (κ2) is 5.31. The quantitative estimate of drug-likeness (QED) is 0.773. The summed E-state index contributed by atoms with van der Waals surface area (Å²) in [5.74, 6) is 0.846. The number of hydrogen-bond acceptors (Lipinski definition) is 4. The van der Waals surface area contributed by atoms with E-state index in [2.05, 4.69) is 4.98 Å². The number of pyridine rings is 1. The minimum Gasteiger partial charge on any atom is -0.496 e. The Morgan fingerprint density at radius 2 is 1.56 bits per heavy atom. The molecule has 1 aromatic carbocycles. The van der Waals surface area contributed by atoms with E-state index in [1.165, 1.54) is 14.2 Å². The van der Waals surface area contributed by atoms with Crippen LogP contribution < -0.4 is 9.47 Å². The Bertz CT molecular complexity index is 530.